The number of esters is 2. The minimum atomic E-state index is -0.993. The van der Waals surface area contributed by atoms with E-state index in [4.69, 9.17) is 9.47 Å². The zero-order chi connectivity index (χ0) is 17.9. The molecule has 1 aliphatic rings. The summed E-state index contributed by atoms with van der Waals surface area (Å²) < 4.78 is 11.4. The van der Waals surface area contributed by atoms with Crippen LogP contribution in [0.5, 0.6) is 0 Å². The molecular formula is C16H23N3O5. The highest BCUT2D eigenvalue weighted by molar-refractivity contribution is 5.96. The first-order chi connectivity index (χ1) is 11.4. The van der Waals surface area contributed by atoms with E-state index in [0.29, 0.717) is 19.4 Å². The Bertz CT molecular complexity index is 625. The third-order valence-corrected chi connectivity index (χ3v) is 4.26. The molecule has 8 heteroatoms. The lowest BCUT2D eigenvalue weighted by atomic mass is 9.88. The van der Waals surface area contributed by atoms with Gasteiger partial charge in [0.25, 0.3) is 5.91 Å². The molecular weight excluding hydrogens is 314 g/mol. The first-order valence-electron chi connectivity index (χ1n) is 7.90. The molecule has 8 nitrogen and oxygen atoms in total. The Morgan fingerprint density at radius 1 is 1.21 bits per heavy atom. The molecule has 1 aromatic heterocycles. The summed E-state index contributed by atoms with van der Waals surface area (Å²) in [5.41, 5.74) is 0.239. The Morgan fingerprint density at radius 3 is 2.42 bits per heavy atom. The number of amides is 1. The number of nitrogens with zero attached hydrogens (tertiary/aromatic N) is 3. The van der Waals surface area contributed by atoms with Crippen LogP contribution >= 0.6 is 0 Å². The van der Waals surface area contributed by atoms with Gasteiger partial charge in [-0.3, -0.25) is 9.59 Å². The molecule has 0 unspecified atom stereocenters. The minimum absolute atomic E-state index is 0.166. The van der Waals surface area contributed by atoms with Gasteiger partial charge in [-0.15, -0.1) is 0 Å². The molecule has 1 amide bonds. The van der Waals surface area contributed by atoms with Crippen molar-refractivity contribution in [3.63, 3.8) is 0 Å². The second-order valence-electron chi connectivity index (χ2n) is 6.04. The monoisotopic (exact) mass is 337 g/mol. The molecule has 24 heavy (non-hydrogen) atoms. The normalized spacial score (nSPS) is 20.8. The first kappa shape index (κ1) is 18.0. The molecule has 2 heterocycles. The van der Waals surface area contributed by atoms with Gasteiger partial charge in [-0.25, -0.2) is 9.78 Å². The van der Waals surface area contributed by atoms with E-state index in [0.717, 1.165) is 0 Å². The maximum atomic E-state index is 12.8. The molecule has 0 N–H and O–H groups in total. The number of hydrogen-bond donors (Lipinski definition) is 0. The predicted molar refractivity (Wildman–Crippen MR) is 84.2 cm³/mol. The smallest absolute Gasteiger partial charge is 0.329 e. The van der Waals surface area contributed by atoms with Gasteiger partial charge in [0.05, 0.1) is 26.5 Å². The summed E-state index contributed by atoms with van der Waals surface area (Å²) in [5.74, 6) is -2.26. The zero-order valence-electron chi connectivity index (χ0n) is 14.4. The highest BCUT2D eigenvalue weighted by atomic mass is 16.5. The van der Waals surface area contributed by atoms with E-state index in [1.807, 2.05) is 18.4 Å². The third kappa shape index (κ3) is 3.42. The standard InChI is InChI=1S/C16H23N3O5/c1-10(2)18-8-12(17-9-18)14(20)19-7-5-6-11(15(21)23-3)13(19)16(22)24-4/h8-11,13H,5-7H2,1-4H3/t11-,13-/m1/s1. The summed E-state index contributed by atoms with van der Waals surface area (Å²) in [6.45, 7) is 4.31. The Kier molecular flexibility index (Phi) is 5.58. The van der Waals surface area contributed by atoms with Crippen LogP contribution in [0.4, 0.5) is 0 Å². The van der Waals surface area contributed by atoms with Crippen LogP contribution < -0.4 is 0 Å². The molecule has 2 rings (SSSR count). The molecule has 1 saturated heterocycles. The molecule has 1 fully saturated rings. The second kappa shape index (κ2) is 7.46. The van der Waals surface area contributed by atoms with Crippen LogP contribution in [0.15, 0.2) is 12.5 Å². The van der Waals surface area contributed by atoms with Gasteiger partial charge in [0.2, 0.25) is 0 Å². The summed E-state index contributed by atoms with van der Waals surface area (Å²) in [5, 5.41) is 0. The van der Waals surface area contributed by atoms with E-state index < -0.39 is 29.8 Å². The van der Waals surface area contributed by atoms with Crippen molar-refractivity contribution in [3.05, 3.63) is 18.2 Å². The molecule has 0 bridgehead atoms. The number of imidazole rings is 1. The molecule has 0 aliphatic carbocycles. The fraction of sp³-hybridized carbons (Fsp3) is 0.625. The van der Waals surface area contributed by atoms with Gasteiger partial charge in [0, 0.05) is 18.8 Å². The average molecular weight is 337 g/mol. The number of hydrogen-bond acceptors (Lipinski definition) is 6. The highest BCUT2D eigenvalue weighted by Gasteiger charge is 2.44. The Balaban J connectivity index is 2.31. The number of carbonyl (C=O) groups is 3. The maximum absolute atomic E-state index is 12.8. The van der Waals surface area contributed by atoms with Gasteiger partial charge in [-0.2, -0.15) is 0 Å². The van der Waals surface area contributed by atoms with Crippen molar-refractivity contribution in [2.75, 3.05) is 20.8 Å². The van der Waals surface area contributed by atoms with E-state index >= 15 is 0 Å². The lowest BCUT2D eigenvalue weighted by Crippen LogP contribution is -2.55. The number of carbonyl (C=O) groups excluding carboxylic acids is 3. The molecule has 0 saturated carbocycles. The number of methoxy groups -OCH3 is 2. The highest BCUT2D eigenvalue weighted by Crippen LogP contribution is 2.27. The molecule has 132 valence electrons. The molecule has 2 atom stereocenters. The number of aromatic nitrogens is 2. The van der Waals surface area contributed by atoms with Crippen molar-refractivity contribution in [1.29, 1.82) is 0 Å². The molecule has 0 spiro atoms. The van der Waals surface area contributed by atoms with Crippen LogP contribution in [0, 0.1) is 5.92 Å². The van der Waals surface area contributed by atoms with Crippen LogP contribution in [0.2, 0.25) is 0 Å². The number of likely N-dealkylation sites (tertiary alicyclic amines) is 1. The zero-order valence-corrected chi connectivity index (χ0v) is 14.4. The second-order valence-corrected chi connectivity index (χ2v) is 6.04. The fourth-order valence-corrected chi connectivity index (χ4v) is 2.91. The van der Waals surface area contributed by atoms with Gasteiger partial charge < -0.3 is 18.9 Å². The van der Waals surface area contributed by atoms with E-state index in [-0.39, 0.29) is 11.7 Å². The quantitative estimate of drug-likeness (QED) is 0.762. The van der Waals surface area contributed by atoms with Crippen molar-refractivity contribution < 1.29 is 23.9 Å². The summed E-state index contributed by atoms with van der Waals surface area (Å²) >= 11 is 0. The minimum Gasteiger partial charge on any atom is -0.469 e. The molecule has 1 aromatic rings. The van der Waals surface area contributed by atoms with E-state index in [2.05, 4.69) is 4.98 Å². The first-order valence-corrected chi connectivity index (χ1v) is 7.90. The molecule has 1 aliphatic heterocycles. The lowest BCUT2D eigenvalue weighted by Gasteiger charge is -2.37. The van der Waals surface area contributed by atoms with Gasteiger partial charge in [0.15, 0.2) is 0 Å². The summed E-state index contributed by atoms with van der Waals surface area (Å²) in [6.07, 6.45) is 4.29. The van der Waals surface area contributed by atoms with E-state index in [1.54, 1.807) is 12.5 Å². The molecule has 0 radical (unpaired) electrons. The van der Waals surface area contributed by atoms with Crippen LogP contribution in [0.3, 0.4) is 0 Å². The summed E-state index contributed by atoms with van der Waals surface area (Å²) in [6, 6.07) is -0.826. The van der Waals surface area contributed by atoms with Crippen molar-refractivity contribution in [2.24, 2.45) is 5.92 Å². The van der Waals surface area contributed by atoms with E-state index in [9.17, 15) is 14.4 Å². The van der Waals surface area contributed by atoms with Crippen LogP contribution in [-0.2, 0) is 19.1 Å². The fourth-order valence-electron chi connectivity index (χ4n) is 2.91. The summed E-state index contributed by atoms with van der Waals surface area (Å²) in [4.78, 5) is 42.5. The van der Waals surface area contributed by atoms with Crippen LogP contribution in [0.1, 0.15) is 43.2 Å². The Labute approximate surface area is 140 Å². The number of ether oxygens (including phenoxy) is 2. The lowest BCUT2D eigenvalue weighted by molar-refractivity contribution is -0.160. The Morgan fingerprint density at radius 2 is 1.88 bits per heavy atom. The SMILES string of the molecule is COC(=O)[C@@H]1CCCN(C(=O)c2cn(C(C)C)cn2)[C@H]1C(=O)OC. The maximum Gasteiger partial charge on any atom is 0.329 e. The van der Waals surface area contributed by atoms with Crippen molar-refractivity contribution in [3.8, 4) is 0 Å². The predicted octanol–water partition coefficient (Wildman–Crippen LogP) is 1.03. The van der Waals surface area contributed by atoms with Gasteiger partial charge in [0.1, 0.15) is 11.7 Å². The Hall–Kier alpha value is -2.38. The largest absolute Gasteiger partial charge is 0.469 e. The topological polar surface area (TPSA) is 90.7 Å². The average Bonchev–Trinajstić information content (AvgIpc) is 3.09. The van der Waals surface area contributed by atoms with Crippen molar-refractivity contribution in [1.82, 2.24) is 14.5 Å². The van der Waals surface area contributed by atoms with Crippen LogP contribution in [-0.4, -0.2) is 59.1 Å². The third-order valence-electron chi connectivity index (χ3n) is 4.26. The molecule has 0 aromatic carbocycles. The summed E-state index contributed by atoms with van der Waals surface area (Å²) in [7, 11) is 2.50. The number of piperidine rings is 1. The van der Waals surface area contributed by atoms with Crippen LogP contribution in [0.25, 0.3) is 0 Å². The van der Waals surface area contributed by atoms with Gasteiger partial charge >= 0.3 is 11.9 Å². The van der Waals surface area contributed by atoms with Gasteiger partial charge in [-0.1, -0.05) is 0 Å². The number of rotatable bonds is 4. The van der Waals surface area contributed by atoms with Gasteiger partial charge in [-0.05, 0) is 26.7 Å². The van der Waals surface area contributed by atoms with E-state index in [1.165, 1.54) is 19.1 Å². The van der Waals surface area contributed by atoms with Crippen molar-refractivity contribution in [2.45, 2.75) is 38.8 Å². The van der Waals surface area contributed by atoms with Crippen molar-refractivity contribution >= 4 is 17.8 Å².